The van der Waals surface area contributed by atoms with Gasteiger partial charge in [-0.3, -0.25) is 4.79 Å². The summed E-state index contributed by atoms with van der Waals surface area (Å²) in [7, 11) is 0. The maximum absolute atomic E-state index is 11.8. The molecule has 0 aliphatic rings. The molecule has 0 heterocycles. The summed E-state index contributed by atoms with van der Waals surface area (Å²) in [6.07, 6.45) is -0.395. The van der Waals surface area contributed by atoms with Gasteiger partial charge in [0.25, 0.3) is 0 Å². The van der Waals surface area contributed by atoms with Crippen molar-refractivity contribution >= 4 is 12.1 Å². The smallest absolute Gasteiger partial charge is 0.407 e. The number of esters is 1. The second-order valence-electron chi connectivity index (χ2n) is 6.21. The van der Waals surface area contributed by atoms with Crippen molar-refractivity contribution in [3.05, 3.63) is 35.9 Å². The van der Waals surface area contributed by atoms with E-state index in [1.165, 1.54) is 0 Å². The van der Waals surface area contributed by atoms with E-state index >= 15 is 0 Å². The number of hydrogen-bond acceptors (Lipinski definition) is 5. The van der Waals surface area contributed by atoms with Crippen molar-refractivity contribution in [3.8, 4) is 0 Å². The van der Waals surface area contributed by atoms with E-state index in [0.29, 0.717) is 0 Å². The predicted octanol–water partition coefficient (Wildman–Crippen LogP) is 2.40. The van der Waals surface area contributed by atoms with E-state index < -0.39 is 23.7 Å². The van der Waals surface area contributed by atoms with E-state index in [2.05, 4.69) is 5.32 Å². The van der Waals surface area contributed by atoms with Crippen LogP contribution >= 0.6 is 0 Å². The number of aliphatic hydroxyl groups is 1. The number of aliphatic hydroxyl groups excluding tert-OH is 1. The number of hydrogen-bond donors (Lipinski definition) is 2. The van der Waals surface area contributed by atoms with Crippen LogP contribution in [0.15, 0.2) is 30.3 Å². The summed E-state index contributed by atoms with van der Waals surface area (Å²) in [6, 6.07) is 8.75. The zero-order valence-electron chi connectivity index (χ0n) is 13.9. The molecule has 0 aromatic heterocycles. The Labute approximate surface area is 136 Å². The van der Waals surface area contributed by atoms with E-state index in [9.17, 15) is 9.59 Å². The number of carbonyl (C=O) groups excluding carboxylic acids is 2. The summed E-state index contributed by atoms with van der Waals surface area (Å²) in [4.78, 5) is 23.6. The van der Waals surface area contributed by atoms with Crippen LogP contribution in [0.1, 0.15) is 39.2 Å². The van der Waals surface area contributed by atoms with Crippen molar-refractivity contribution in [3.63, 3.8) is 0 Å². The van der Waals surface area contributed by atoms with E-state index in [-0.39, 0.29) is 26.1 Å². The molecule has 0 aliphatic heterocycles. The topological polar surface area (TPSA) is 84.9 Å². The lowest BCUT2D eigenvalue weighted by Gasteiger charge is -2.22. The molecule has 1 unspecified atom stereocenters. The zero-order chi connectivity index (χ0) is 17.3. The molecule has 23 heavy (non-hydrogen) atoms. The summed E-state index contributed by atoms with van der Waals surface area (Å²) in [5.41, 5.74) is 0.280. The minimum atomic E-state index is -0.629. The summed E-state index contributed by atoms with van der Waals surface area (Å²) in [6.45, 7) is 5.31. The van der Waals surface area contributed by atoms with Crippen LogP contribution in [0.3, 0.4) is 0 Å². The third kappa shape index (κ3) is 8.83. The number of ether oxygens (including phenoxy) is 2. The minimum absolute atomic E-state index is 0.0156. The molecule has 0 saturated carbocycles. The molecule has 2 N–H and O–H groups in total. The third-order valence-corrected chi connectivity index (χ3v) is 2.85. The Morgan fingerprint density at radius 3 is 2.43 bits per heavy atom. The molecule has 6 nitrogen and oxygen atoms in total. The van der Waals surface area contributed by atoms with E-state index in [1.807, 2.05) is 30.3 Å². The van der Waals surface area contributed by atoms with E-state index in [4.69, 9.17) is 14.6 Å². The fourth-order valence-corrected chi connectivity index (χ4v) is 1.90. The molecule has 0 bridgehead atoms. The van der Waals surface area contributed by atoms with Crippen molar-refractivity contribution in [2.45, 2.75) is 51.9 Å². The minimum Gasteiger partial charge on any atom is -0.460 e. The maximum Gasteiger partial charge on any atom is 0.407 e. The van der Waals surface area contributed by atoms with Gasteiger partial charge in [0.05, 0.1) is 6.42 Å². The van der Waals surface area contributed by atoms with Gasteiger partial charge >= 0.3 is 12.1 Å². The highest BCUT2D eigenvalue weighted by Crippen LogP contribution is 2.10. The van der Waals surface area contributed by atoms with Crippen LogP contribution in [-0.4, -0.2) is 35.4 Å². The summed E-state index contributed by atoms with van der Waals surface area (Å²) in [5, 5.41) is 11.6. The van der Waals surface area contributed by atoms with Crippen LogP contribution in [0, 0.1) is 0 Å². The largest absolute Gasteiger partial charge is 0.460 e. The number of carbonyl (C=O) groups is 2. The number of alkyl carbamates (subject to hydrolysis) is 1. The van der Waals surface area contributed by atoms with Gasteiger partial charge in [-0.15, -0.1) is 0 Å². The lowest BCUT2D eigenvalue weighted by molar-refractivity contribution is -0.155. The molecule has 1 rings (SSSR count). The van der Waals surface area contributed by atoms with Crippen molar-refractivity contribution in [1.29, 1.82) is 0 Å². The van der Waals surface area contributed by atoms with Gasteiger partial charge in [0.15, 0.2) is 0 Å². The molecule has 1 atom stereocenters. The highest BCUT2D eigenvalue weighted by atomic mass is 16.6. The molecule has 0 saturated heterocycles. The Bertz CT molecular complexity index is 495. The fourth-order valence-electron chi connectivity index (χ4n) is 1.90. The molecule has 0 radical (unpaired) electrons. The molecule has 128 valence electrons. The highest BCUT2D eigenvalue weighted by Gasteiger charge is 2.22. The normalized spacial score (nSPS) is 12.3. The van der Waals surface area contributed by atoms with E-state index in [1.54, 1.807) is 20.8 Å². The second-order valence-corrected chi connectivity index (χ2v) is 6.21. The molecule has 0 aliphatic carbocycles. The van der Waals surface area contributed by atoms with Gasteiger partial charge in [0, 0.05) is 12.6 Å². The Kier molecular flexibility index (Phi) is 7.54. The van der Waals surface area contributed by atoms with Gasteiger partial charge in [0.1, 0.15) is 12.2 Å². The van der Waals surface area contributed by atoms with Crippen LogP contribution in [0.25, 0.3) is 0 Å². The molecular weight excluding hydrogens is 298 g/mol. The lowest BCUT2D eigenvalue weighted by atomic mass is 10.1. The zero-order valence-corrected chi connectivity index (χ0v) is 13.9. The summed E-state index contributed by atoms with van der Waals surface area (Å²) < 4.78 is 10.3. The third-order valence-electron chi connectivity index (χ3n) is 2.85. The quantitative estimate of drug-likeness (QED) is 0.753. The van der Waals surface area contributed by atoms with Crippen LogP contribution in [0.5, 0.6) is 0 Å². The van der Waals surface area contributed by atoms with Gasteiger partial charge in [-0.05, 0) is 32.8 Å². The molecule has 0 fully saturated rings. The van der Waals surface area contributed by atoms with Gasteiger partial charge in [-0.1, -0.05) is 30.3 Å². The van der Waals surface area contributed by atoms with Gasteiger partial charge in [-0.25, -0.2) is 4.79 Å². The summed E-state index contributed by atoms with van der Waals surface area (Å²) >= 11 is 0. The number of amides is 1. The lowest BCUT2D eigenvalue weighted by Crippen LogP contribution is -2.39. The molecule has 1 amide bonds. The second kappa shape index (κ2) is 9.15. The average Bonchev–Trinajstić information content (AvgIpc) is 2.44. The first kappa shape index (κ1) is 19.0. The summed E-state index contributed by atoms with van der Waals surface area (Å²) in [5.74, 6) is -0.431. The monoisotopic (exact) mass is 323 g/mol. The first-order chi connectivity index (χ1) is 10.8. The molecule has 6 heteroatoms. The maximum atomic E-state index is 11.8. The Morgan fingerprint density at radius 1 is 1.22 bits per heavy atom. The van der Waals surface area contributed by atoms with Crippen LogP contribution in [-0.2, 0) is 20.9 Å². The van der Waals surface area contributed by atoms with Crippen LogP contribution in [0.2, 0.25) is 0 Å². The van der Waals surface area contributed by atoms with Crippen molar-refractivity contribution in [2.75, 3.05) is 6.61 Å². The molecule has 1 aromatic carbocycles. The average molecular weight is 323 g/mol. The van der Waals surface area contributed by atoms with Gasteiger partial charge < -0.3 is 19.9 Å². The Hall–Kier alpha value is -2.08. The Morgan fingerprint density at radius 2 is 1.87 bits per heavy atom. The first-order valence-electron chi connectivity index (χ1n) is 7.60. The first-order valence-corrected chi connectivity index (χ1v) is 7.60. The molecular formula is C17H25NO5. The Balaban J connectivity index is 2.44. The van der Waals surface area contributed by atoms with Gasteiger partial charge in [0.2, 0.25) is 0 Å². The number of nitrogens with one attached hydrogen (secondary N) is 1. The molecule has 0 spiro atoms. The SMILES string of the molecule is CC(C)(C)OC(=O)CC(CCO)NC(=O)OCc1ccccc1. The van der Waals surface area contributed by atoms with Crippen LogP contribution < -0.4 is 5.32 Å². The highest BCUT2D eigenvalue weighted by molar-refractivity contribution is 5.73. The fraction of sp³-hybridized carbons (Fsp3) is 0.529. The van der Waals surface area contributed by atoms with Crippen LogP contribution in [0.4, 0.5) is 4.79 Å². The van der Waals surface area contributed by atoms with Crippen molar-refractivity contribution < 1.29 is 24.2 Å². The van der Waals surface area contributed by atoms with Crippen molar-refractivity contribution in [2.24, 2.45) is 0 Å². The number of benzene rings is 1. The number of rotatable bonds is 7. The van der Waals surface area contributed by atoms with Crippen molar-refractivity contribution in [1.82, 2.24) is 5.32 Å². The standard InChI is InChI=1S/C17H25NO5/c1-17(2,3)23-15(20)11-14(9-10-19)18-16(21)22-12-13-7-5-4-6-8-13/h4-8,14,19H,9-12H2,1-3H3,(H,18,21). The van der Waals surface area contributed by atoms with Gasteiger partial charge in [-0.2, -0.15) is 0 Å². The van der Waals surface area contributed by atoms with E-state index in [0.717, 1.165) is 5.56 Å². The predicted molar refractivity (Wildman–Crippen MR) is 85.7 cm³/mol. The molecule has 1 aromatic rings.